The molecule has 10 aromatic rings. The smallest absolute Gasteiger partial charge is 0.213 e. The summed E-state index contributed by atoms with van der Waals surface area (Å²) >= 11 is 0. The minimum atomic E-state index is -0.495. The second-order valence-corrected chi connectivity index (χ2v) is 17.7. The fourth-order valence-electron chi connectivity index (χ4n) is 11.1. The van der Waals surface area contributed by atoms with Gasteiger partial charge in [-0.25, -0.2) is 0 Å². The first-order chi connectivity index (χ1) is 27.1. The van der Waals surface area contributed by atoms with E-state index in [0.717, 1.165) is 23.0 Å². The van der Waals surface area contributed by atoms with Crippen molar-refractivity contribution in [1.82, 2.24) is 4.40 Å². The Hall–Kier alpha value is -6.26. The molecule has 5 aromatic carbocycles. The molecule has 2 aliphatic rings. The number of fused-ring (bicyclic) bond motifs is 16. The maximum absolute atomic E-state index is 6.67. The number of pyridine rings is 2. The molecule has 0 aliphatic carbocycles. The fraction of sp³-hybridized carbons (Fsp3) is 0.192. The lowest BCUT2D eigenvalue weighted by Gasteiger charge is -2.47. The van der Waals surface area contributed by atoms with E-state index in [-0.39, 0.29) is 11.5 Å². The maximum Gasteiger partial charge on any atom is 0.213 e. The average molecular weight is 726 g/mol. The van der Waals surface area contributed by atoms with Crippen LogP contribution in [-0.2, 0) is 22.8 Å². The van der Waals surface area contributed by atoms with Crippen molar-refractivity contribution in [3.05, 3.63) is 163 Å². The van der Waals surface area contributed by atoms with Crippen LogP contribution in [0.15, 0.2) is 151 Å². The molecule has 0 bridgehead atoms. The molecule has 5 aromatic heterocycles. The zero-order valence-electron chi connectivity index (χ0n) is 32.5. The van der Waals surface area contributed by atoms with E-state index in [1.165, 1.54) is 82.7 Å². The summed E-state index contributed by atoms with van der Waals surface area (Å²) in [6.07, 6.45) is 7.79. The molecule has 4 heteroatoms. The number of hydrogen-bond acceptors (Lipinski definition) is 1. The molecule has 0 fully saturated rings. The first kappa shape index (κ1) is 32.0. The molecular formula is C52H43N3O+2. The van der Waals surface area contributed by atoms with E-state index in [2.05, 4.69) is 195 Å². The summed E-state index contributed by atoms with van der Waals surface area (Å²) < 4.78 is 14.3. The van der Waals surface area contributed by atoms with Gasteiger partial charge in [0.15, 0.2) is 24.0 Å². The zero-order valence-corrected chi connectivity index (χ0v) is 32.5. The van der Waals surface area contributed by atoms with Crippen LogP contribution in [0.1, 0.15) is 57.4 Å². The molecule has 12 rings (SSSR count). The van der Waals surface area contributed by atoms with Crippen LogP contribution in [0.4, 0.5) is 0 Å². The predicted octanol–water partition coefficient (Wildman–Crippen LogP) is 11.9. The average Bonchev–Trinajstić information content (AvgIpc) is 3.87. The quantitative estimate of drug-likeness (QED) is 0.129. The SMILES string of the molecule is C=CC1(C)[n+]2ccc(C(C)(C)C)cc2-c2cc3c4c5c(cc6c7ccccc7n(c3cc2C1(C)C1Cc2ccccc2-c2cccc[n+]21)c64)oc1ccccc15. The number of rotatable bonds is 2. The second-order valence-electron chi connectivity index (χ2n) is 17.7. The third-order valence-electron chi connectivity index (χ3n) is 14.1. The second kappa shape index (κ2) is 10.5. The van der Waals surface area contributed by atoms with Crippen molar-refractivity contribution in [2.45, 2.75) is 63.5 Å². The van der Waals surface area contributed by atoms with Gasteiger partial charge in [0, 0.05) is 75.5 Å². The van der Waals surface area contributed by atoms with Crippen LogP contribution in [0.2, 0.25) is 0 Å². The van der Waals surface area contributed by atoms with Gasteiger partial charge >= 0.3 is 0 Å². The van der Waals surface area contributed by atoms with Crippen molar-refractivity contribution in [2.24, 2.45) is 0 Å². The molecule has 0 spiro atoms. The van der Waals surface area contributed by atoms with Crippen molar-refractivity contribution in [2.75, 3.05) is 0 Å². The molecule has 56 heavy (non-hydrogen) atoms. The monoisotopic (exact) mass is 725 g/mol. The summed E-state index contributed by atoms with van der Waals surface area (Å²) in [5.41, 5.74) is 13.7. The van der Waals surface area contributed by atoms with E-state index in [1.54, 1.807) is 0 Å². The molecule has 3 atom stereocenters. The largest absolute Gasteiger partial charge is 0.456 e. The number of allylic oxidation sites excluding steroid dienone is 1. The lowest BCUT2D eigenvalue weighted by atomic mass is 9.57. The Bertz CT molecular complexity index is 3340. The normalized spacial score (nSPS) is 20.6. The number of hydrogen-bond donors (Lipinski definition) is 0. The standard InChI is InChI=1S/C52H43N3O/c1-7-51(5)52(6,46-26-31-16-8-9-17-33(31)40-20-14-15-24-53(40)46)39-30-43-38(28-37(39)42-27-32(50(2,3)4)23-25-54(42)51)48-47-35-19-11-13-22-44(35)56-45(47)29-36-34-18-10-12-21-41(34)55(43)49(36)48/h7-25,27-30,46H,1,26H2,2-6H3/q+2. The number of nitrogens with zero attached hydrogens (tertiary/aromatic N) is 3. The van der Waals surface area contributed by atoms with Crippen molar-refractivity contribution in [1.29, 1.82) is 0 Å². The molecular weight excluding hydrogens is 683 g/mol. The van der Waals surface area contributed by atoms with E-state index < -0.39 is 11.0 Å². The minimum absolute atomic E-state index is 0.0234. The van der Waals surface area contributed by atoms with E-state index in [9.17, 15) is 0 Å². The van der Waals surface area contributed by atoms with Crippen molar-refractivity contribution < 1.29 is 13.6 Å². The van der Waals surface area contributed by atoms with E-state index in [4.69, 9.17) is 4.42 Å². The Labute approximate surface area is 325 Å². The van der Waals surface area contributed by atoms with Gasteiger partial charge in [-0.3, -0.25) is 0 Å². The van der Waals surface area contributed by atoms with Crippen molar-refractivity contribution in [3.63, 3.8) is 0 Å². The Kier molecular flexibility index (Phi) is 6.02. The molecule has 2 aliphatic heterocycles. The highest BCUT2D eigenvalue weighted by Gasteiger charge is 2.65. The van der Waals surface area contributed by atoms with Crippen LogP contribution < -0.4 is 9.13 Å². The highest BCUT2D eigenvalue weighted by atomic mass is 16.3. The third-order valence-corrected chi connectivity index (χ3v) is 14.1. The van der Waals surface area contributed by atoms with Gasteiger partial charge in [-0.1, -0.05) is 81.9 Å². The third kappa shape index (κ3) is 3.75. The first-order valence-electron chi connectivity index (χ1n) is 20.0. The number of para-hydroxylation sites is 2. The van der Waals surface area contributed by atoms with Gasteiger partial charge in [-0.15, -0.1) is 0 Å². The molecule has 270 valence electrons. The van der Waals surface area contributed by atoms with Gasteiger partial charge in [0.2, 0.25) is 11.4 Å². The van der Waals surface area contributed by atoms with Gasteiger partial charge in [0.25, 0.3) is 0 Å². The van der Waals surface area contributed by atoms with E-state index in [1.807, 2.05) is 0 Å². The van der Waals surface area contributed by atoms with Gasteiger partial charge in [0.05, 0.1) is 22.1 Å². The molecule has 3 unspecified atom stereocenters. The molecule has 4 nitrogen and oxygen atoms in total. The highest BCUT2D eigenvalue weighted by molar-refractivity contribution is 6.35. The lowest BCUT2D eigenvalue weighted by Crippen LogP contribution is -2.72. The van der Waals surface area contributed by atoms with Crippen LogP contribution in [0.5, 0.6) is 0 Å². The van der Waals surface area contributed by atoms with Crippen molar-refractivity contribution in [3.8, 4) is 22.5 Å². The van der Waals surface area contributed by atoms with E-state index in [0.29, 0.717) is 0 Å². The Morgan fingerprint density at radius 3 is 2.30 bits per heavy atom. The molecule has 0 amide bonds. The van der Waals surface area contributed by atoms with Crippen LogP contribution in [0.3, 0.4) is 0 Å². The Balaban J connectivity index is 1.29. The molecule has 0 saturated heterocycles. The van der Waals surface area contributed by atoms with Gasteiger partial charge in [-0.2, -0.15) is 9.13 Å². The summed E-state index contributed by atoms with van der Waals surface area (Å²) in [6.45, 7) is 16.5. The Morgan fingerprint density at radius 1 is 0.696 bits per heavy atom. The first-order valence-corrected chi connectivity index (χ1v) is 20.0. The Morgan fingerprint density at radius 2 is 1.46 bits per heavy atom. The fourth-order valence-corrected chi connectivity index (χ4v) is 11.1. The number of aromatic nitrogens is 3. The highest BCUT2D eigenvalue weighted by Crippen LogP contribution is 2.56. The number of benzene rings is 5. The summed E-state index contributed by atoms with van der Waals surface area (Å²) in [7, 11) is 0. The van der Waals surface area contributed by atoms with E-state index >= 15 is 0 Å². The van der Waals surface area contributed by atoms with Crippen LogP contribution in [0.25, 0.3) is 82.5 Å². The zero-order chi connectivity index (χ0) is 37.9. The van der Waals surface area contributed by atoms with Crippen LogP contribution >= 0.6 is 0 Å². The lowest BCUT2D eigenvalue weighted by molar-refractivity contribution is -0.783. The number of furan rings is 1. The summed E-state index contributed by atoms with van der Waals surface area (Å²) in [5, 5.41) is 7.34. The van der Waals surface area contributed by atoms with Crippen LogP contribution in [-0.4, -0.2) is 4.40 Å². The molecule has 7 heterocycles. The minimum Gasteiger partial charge on any atom is -0.456 e. The summed E-state index contributed by atoms with van der Waals surface area (Å²) in [6, 6.07) is 45.3. The van der Waals surface area contributed by atoms with Gasteiger partial charge < -0.3 is 8.82 Å². The summed E-state index contributed by atoms with van der Waals surface area (Å²) in [5.74, 6) is 0. The molecule has 0 N–H and O–H groups in total. The van der Waals surface area contributed by atoms with Crippen LogP contribution in [0, 0.1) is 0 Å². The summed E-state index contributed by atoms with van der Waals surface area (Å²) in [4.78, 5) is 0. The van der Waals surface area contributed by atoms with Gasteiger partial charge in [0.1, 0.15) is 16.6 Å². The maximum atomic E-state index is 6.67. The van der Waals surface area contributed by atoms with Crippen molar-refractivity contribution >= 4 is 60.0 Å². The molecule has 0 saturated carbocycles. The molecule has 0 radical (unpaired) electrons. The predicted molar refractivity (Wildman–Crippen MR) is 229 cm³/mol. The topological polar surface area (TPSA) is 25.3 Å². The van der Waals surface area contributed by atoms with Gasteiger partial charge in [-0.05, 0) is 77.6 Å².